The van der Waals surface area contributed by atoms with Crippen LogP contribution < -0.4 is 5.73 Å². The van der Waals surface area contributed by atoms with Crippen molar-refractivity contribution in [3.8, 4) is 0 Å². The Morgan fingerprint density at radius 2 is 2.08 bits per heavy atom. The first-order chi connectivity index (χ1) is 5.79. The van der Waals surface area contributed by atoms with E-state index in [1.807, 2.05) is 7.11 Å². The van der Waals surface area contributed by atoms with Crippen LogP contribution in [0, 0.1) is 11.8 Å². The van der Waals surface area contributed by atoms with Crippen molar-refractivity contribution in [2.75, 3.05) is 13.7 Å². The van der Waals surface area contributed by atoms with E-state index in [9.17, 15) is 0 Å². The Hall–Kier alpha value is -0.0800. The van der Waals surface area contributed by atoms with Gasteiger partial charge < -0.3 is 10.5 Å². The normalized spacial score (nSPS) is 46.5. The molecule has 12 heavy (non-hydrogen) atoms. The second-order valence-electron chi connectivity index (χ2n) is 4.42. The Labute approximate surface area is 74.5 Å². The summed E-state index contributed by atoms with van der Waals surface area (Å²) in [5.74, 6) is 1.65. The molecule has 1 unspecified atom stereocenters. The number of nitrogens with two attached hydrogens (primary N) is 1. The van der Waals surface area contributed by atoms with Gasteiger partial charge in [0.15, 0.2) is 0 Å². The summed E-state index contributed by atoms with van der Waals surface area (Å²) >= 11 is 0. The molecule has 0 aromatic heterocycles. The number of methoxy groups -OCH3 is 1. The molecule has 0 radical (unpaired) electrons. The predicted octanol–water partition coefficient (Wildman–Crippen LogP) is 1.54. The van der Waals surface area contributed by atoms with Crippen molar-refractivity contribution in [2.24, 2.45) is 17.6 Å². The summed E-state index contributed by atoms with van der Waals surface area (Å²) in [6.45, 7) is 0.857. The first-order valence-corrected chi connectivity index (χ1v) is 5.05. The van der Waals surface area contributed by atoms with Gasteiger partial charge in [0.1, 0.15) is 0 Å². The largest absolute Gasteiger partial charge is 0.378 e. The summed E-state index contributed by atoms with van der Waals surface area (Å²) in [5.41, 5.74) is 5.97. The fourth-order valence-electron chi connectivity index (χ4n) is 3.05. The molecular formula is C10H19NO. The summed E-state index contributed by atoms with van der Waals surface area (Å²) in [6, 6.07) is 0. The maximum Gasteiger partial charge on any atom is 0.0682 e. The summed E-state index contributed by atoms with van der Waals surface area (Å²) in [7, 11) is 1.86. The number of ether oxygens (including phenoxy) is 1. The van der Waals surface area contributed by atoms with Gasteiger partial charge in [-0.3, -0.25) is 0 Å². The highest BCUT2D eigenvalue weighted by Crippen LogP contribution is 2.48. The maximum atomic E-state index is 5.75. The minimum absolute atomic E-state index is 0.221. The molecule has 0 aromatic rings. The van der Waals surface area contributed by atoms with E-state index in [4.69, 9.17) is 10.5 Å². The molecule has 70 valence electrons. The van der Waals surface area contributed by atoms with Crippen LogP contribution in [0.5, 0.6) is 0 Å². The lowest BCUT2D eigenvalue weighted by Crippen LogP contribution is -2.48. The standard InChI is InChI=1S/C10H19NO/c1-12-10-4-2-8(3-5-10)9(6-10)7-11/h8-9H,2-7,11H2,1H3. The van der Waals surface area contributed by atoms with Crippen LogP contribution in [0.3, 0.4) is 0 Å². The van der Waals surface area contributed by atoms with E-state index in [2.05, 4.69) is 0 Å². The Morgan fingerprint density at radius 3 is 2.58 bits per heavy atom. The molecular weight excluding hydrogens is 150 g/mol. The van der Waals surface area contributed by atoms with Crippen molar-refractivity contribution < 1.29 is 4.74 Å². The molecule has 2 N–H and O–H groups in total. The van der Waals surface area contributed by atoms with Gasteiger partial charge in [-0.15, -0.1) is 0 Å². The molecule has 0 amide bonds. The molecule has 2 nitrogen and oxygen atoms in total. The molecule has 2 bridgehead atoms. The van der Waals surface area contributed by atoms with Gasteiger partial charge in [0.05, 0.1) is 5.60 Å². The monoisotopic (exact) mass is 169 g/mol. The van der Waals surface area contributed by atoms with Crippen LogP contribution in [-0.2, 0) is 4.74 Å². The third-order valence-corrected chi connectivity index (χ3v) is 3.98. The smallest absolute Gasteiger partial charge is 0.0682 e. The van der Waals surface area contributed by atoms with Crippen molar-refractivity contribution in [3.05, 3.63) is 0 Å². The number of rotatable bonds is 2. The maximum absolute atomic E-state index is 5.75. The Balaban J connectivity index is 2.09. The lowest BCUT2D eigenvalue weighted by atomic mass is 9.62. The summed E-state index contributed by atoms with van der Waals surface area (Å²) in [6.07, 6.45) is 6.44. The van der Waals surface area contributed by atoms with E-state index < -0.39 is 0 Å². The predicted molar refractivity (Wildman–Crippen MR) is 48.9 cm³/mol. The molecule has 3 saturated carbocycles. The van der Waals surface area contributed by atoms with Crippen LogP contribution in [0.2, 0.25) is 0 Å². The lowest BCUT2D eigenvalue weighted by molar-refractivity contribution is -0.108. The molecule has 2 heteroatoms. The zero-order chi connectivity index (χ0) is 8.60. The highest BCUT2D eigenvalue weighted by Gasteiger charge is 2.45. The van der Waals surface area contributed by atoms with Crippen LogP contribution in [0.4, 0.5) is 0 Å². The van der Waals surface area contributed by atoms with E-state index in [0.29, 0.717) is 0 Å². The molecule has 0 saturated heterocycles. The minimum Gasteiger partial charge on any atom is -0.378 e. The van der Waals surface area contributed by atoms with Crippen LogP contribution in [-0.4, -0.2) is 19.3 Å². The Morgan fingerprint density at radius 1 is 1.42 bits per heavy atom. The first kappa shape index (κ1) is 8.52. The molecule has 0 spiro atoms. The lowest BCUT2D eigenvalue weighted by Gasteiger charge is -2.49. The van der Waals surface area contributed by atoms with Gasteiger partial charge >= 0.3 is 0 Å². The highest BCUT2D eigenvalue weighted by atomic mass is 16.5. The number of fused-ring (bicyclic) bond motifs is 3. The van der Waals surface area contributed by atoms with Gasteiger partial charge in [-0.2, -0.15) is 0 Å². The average Bonchev–Trinajstić information content (AvgIpc) is 2.19. The minimum atomic E-state index is 0.221. The van der Waals surface area contributed by atoms with Gasteiger partial charge in [0.25, 0.3) is 0 Å². The zero-order valence-electron chi connectivity index (χ0n) is 7.88. The third kappa shape index (κ3) is 1.17. The van der Waals surface area contributed by atoms with Crippen molar-refractivity contribution in [1.29, 1.82) is 0 Å². The summed E-state index contributed by atoms with van der Waals surface area (Å²) in [5, 5.41) is 0. The fourth-order valence-corrected chi connectivity index (χ4v) is 3.05. The summed E-state index contributed by atoms with van der Waals surface area (Å²) < 4.78 is 5.64. The fraction of sp³-hybridized carbons (Fsp3) is 1.00. The van der Waals surface area contributed by atoms with Gasteiger partial charge in [-0.05, 0) is 50.5 Å². The van der Waals surface area contributed by atoms with Crippen LogP contribution in [0.25, 0.3) is 0 Å². The number of hydrogen-bond acceptors (Lipinski definition) is 2. The van der Waals surface area contributed by atoms with E-state index >= 15 is 0 Å². The molecule has 0 aliphatic heterocycles. The van der Waals surface area contributed by atoms with Crippen molar-refractivity contribution >= 4 is 0 Å². The van der Waals surface area contributed by atoms with Gasteiger partial charge in [-0.1, -0.05) is 0 Å². The van der Waals surface area contributed by atoms with E-state index in [1.165, 1.54) is 32.1 Å². The quantitative estimate of drug-likeness (QED) is 0.680. The second kappa shape index (κ2) is 3.00. The van der Waals surface area contributed by atoms with E-state index in [-0.39, 0.29) is 5.60 Å². The number of hydrogen-bond donors (Lipinski definition) is 1. The molecule has 3 fully saturated rings. The average molecular weight is 169 g/mol. The van der Waals surface area contributed by atoms with Crippen molar-refractivity contribution in [2.45, 2.75) is 37.7 Å². The van der Waals surface area contributed by atoms with Gasteiger partial charge in [0, 0.05) is 7.11 Å². The molecule has 3 aliphatic rings. The topological polar surface area (TPSA) is 35.2 Å². The third-order valence-electron chi connectivity index (χ3n) is 3.98. The molecule has 0 heterocycles. The van der Waals surface area contributed by atoms with E-state index in [1.54, 1.807) is 0 Å². The second-order valence-corrected chi connectivity index (χ2v) is 4.42. The Bertz CT molecular complexity index is 161. The van der Waals surface area contributed by atoms with Gasteiger partial charge in [-0.25, -0.2) is 0 Å². The van der Waals surface area contributed by atoms with E-state index in [0.717, 1.165) is 18.4 Å². The highest BCUT2D eigenvalue weighted by molar-refractivity contribution is 4.97. The van der Waals surface area contributed by atoms with Crippen LogP contribution in [0.1, 0.15) is 32.1 Å². The van der Waals surface area contributed by atoms with Crippen LogP contribution >= 0.6 is 0 Å². The Kier molecular flexibility index (Phi) is 2.13. The van der Waals surface area contributed by atoms with Crippen molar-refractivity contribution in [3.63, 3.8) is 0 Å². The summed E-state index contributed by atoms with van der Waals surface area (Å²) in [4.78, 5) is 0. The molecule has 1 atom stereocenters. The first-order valence-electron chi connectivity index (χ1n) is 5.05. The zero-order valence-corrected chi connectivity index (χ0v) is 7.88. The molecule has 3 aliphatic carbocycles. The van der Waals surface area contributed by atoms with Gasteiger partial charge in [0.2, 0.25) is 0 Å². The van der Waals surface area contributed by atoms with Crippen LogP contribution in [0.15, 0.2) is 0 Å². The molecule has 0 aromatic carbocycles. The SMILES string of the molecule is COC12CCC(CC1)C(CN)C2. The van der Waals surface area contributed by atoms with Crippen molar-refractivity contribution in [1.82, 2.24) is 0 Å². The molecule has 3 rings (SSSR count).